The largest absolute Gasteiger partial charge is 0.497 e. The molecule has 2 N–H and O–H groups in total. The fourth-order valence-electron chi connectivity index (χ4n) is 2.93. The second-order valence-corrected chi connectivity index (χ2v) is 6.48. The van der Waals surface area contributed by atoms with Gasteiger partial charge in [-0.3, -0.25) is 9.59 Å². The lowest BCUT2D eigenvalue weighted by Crippen LogP contribution is -2.22. The zero-order valence-corrected chi connectivity index (χ0v) is 16.5. The van der Waals surface area contributed by atoms with E-state index in [1.807, 2.05) is 0 Å². The number of aromatic nitrogens is 5. The number of carbonyl (C=O) groups is 1. The zero-order chi connectivity index (χ0) is 22.0. The summed E-state index contributed by atoms with van der Waals surface area (Å²) in [5.41, 5.74) is 0.598. The van der Waals surface area contributed by atoms with Gasteiger partial charge >= 0.3 is 0 Å². The fourth-order valence-corrected chi connectivity index (χ4v) is 2.93. The Morgan fingerprint density at radius 1 is 1.16 bits per heavy atom. The van der Waals surface area contributed by atoms with Crippen LogP contribution in [0.4, 0.5) is 10.1 Å². The molecule has 0 atom stereocenters. The molecule has 2 aromatic carbocycles. The highest BCUT2D eigenvalue weighted by molar-refractivity contribution is 6.03. The molecule has 0 saturated heterocycles. The van der Waals surface area contributed by atoms with Crippen LogP contribution in [0, 0.1) is 5.82 Å². The predicted octanol–water partition coefficient (Wildman–Crippen LogP) is 1.97. The minimum absolute atomic E-state index is 0.0133. The number of aromatic amines is 1. The van der Waals surface area contributed by atoms with Crippen molar-refractivity contribution in [1.82, 2.24) is 25.0 Å². The van der Waals surface area contributed by atoms with Crippen molar-refractivity contribution >= 4 is 22.8 Å². The standard InChI is InChI=1S/C20H17FN6O4/c1-30-13-7-8-14(15(9-13)31-2)22-20(29)17-23-18-16(19(28)24-17)25-26-27(18)10-11-3-5-12(21)6-4-11/h3-9H,10H2,1-2H3,(H,22,29)(H,23,24,28). The number of rotatable bonds is 6. The topological polar surface area (TPSA) is 124 Å². The van der Waals surface area contributed by atoms with Crippen LogP contribution in [0.2, 0.25) is 0 Å². The molecule has 31 heavy (non-hydrogen) atoms. The molecule has 11 heteroatoms. The maximum absolute atomic E-state index is 13.1. The van der Waals surface area contributed by atoms with E-state index >= 15 is 0 Å². The van der Waals surface area contributed by atoms with Gasteiger partial charge in [-0.2, -0.15) is 0 Å². The fraction of sp³-hybridized carbons (Fsp3) is 0.150. The van der Waals surface area contributed by atoms with E-state index in [-0.39, 0.29) is 29.4 Å². The summed E-state index contributed by atoms with van der Waals surface area (Å²) in [4.78, 5) is 31.8. The second-order valence-electron chi connectivity index (χ2n) is 6.48. The van der Waals surface area contributed by atoms with Crippen LogP contribution in [-0.2, 0) is 6.54 Å². The minimum atomic E-state index is -0.656. The molecule has 0 fully saturated rings. The summed E-state index contributed by atoms with van der Waals surface area (Å²) >= 11 is 0. The molecule has 10 nitrogen and oxygen atoms in total. The quantitative estimate of drug-likeness (QED) is 0.485. The smallest absolute Gasteiger partial charge is 0.291 e. The summed E-state index contributed by atoms with van der Waals surface area (Å²) in [5.74, 6) is -0.317. The first-order valence-corrected chi connectivity index (χ1v) is 9.10. The summed E-state index contributed by atoms with van der Waals surface area (Å²) in [7, 11) is 2.97. The van der Waals surface area contributed by atoms with E-state index in [0.29, 0.717) is 17.2 Å². The van der Waals surface area contributed by atoms with E-state index in [2.05, 4.69) is 25.6 Å². The Balaban J connectivity index is 1.66. The highest BCUT2D eigenvalue weighted by Gasteiger charge is 2.18. The maximum Gasteiger partial charge on any atom is 0.291 e. The number of amides is 1. The Kier molecular flexibility index (Phi) is 5.31. The van der Waals surface area contributed by atoms with E-state index in [1.54, 1.807) is 30.3 Å². The number of ether oxygens (including phenoxy) is 2. The Morgan fingerprint density at radius 3 is 2.65 bits per heavy atom. The van der Waals surface area contributed by atoms with Crippen molar-refractivity contribution in [3.8, 4) is 11.5 Å². The molecule has 2 aromatic heterocycles. The van der Waals surface area contributed by atoms with Gasteiger partial charge in [0.25, 0.3) is 11.5 Å². The van der Waals surface area contributed by atoms with Gasteiger partial charge in [-0.1, -0.05) is 17.3 Å². The van der Waals surface area contributed by atoms with Crippen molar-refractivity contribution in [2.24, 2.45) is 0 Å². The first kappa shape index (κ1) is 20.0. The Hall–Kier alpha value is -4.28. The van der Waals surface area contributed by atoms with Gasteiger partial charge in [-0.05, 0) is 29.8 Å². The molecule has 0 spiro atoms. The number of H-pyrrole nitrogens is 1. The van der Waals surface area contributed by atoms with Crippen molar-refractivity contribution < 1.29 is 18.7 Å². The normalized spacial score (nSPS) is 10.8. The molecule has 4 rings (SSSR count). The van der Waals surface area contributed by atoms with Crippen LogP contribution >= 0.6 is 0 Å². The lowest BCUT2D eigenvalue weighted by Gasteiger charge is -2.11. The van der Waals surface area contributed by atoms with Gasteiger partial charge in [0.05, 0.1) is 26.5 Å². The summed E-state index contributed by atoms with van der Waals surface area (Å²) in [6, 6.07) is 10.7. The molecular weight excluding hydrogens is 407 g/mol. The Labute approximate surface area is 174 Å². The van der Waals surface area contributed by atoms with Crippen LogP contribution in [0.5, 0.6) is 11.5 Å². The number of carbonyl (C=O) groups excluding carboxylic acids is 1. The molecule has 0 unspecified atom stereocenters. The molecule has 1 amide bonds. The van der Waals surface area contributed by atoms with Gasteiger partial charge in [0, 0.05) is 6.07 Å². The molecular formula is C20H17FN6O4. The first-order chi connectivity index (χ1) is 15.0. The van der Waals surface area contributed by atoms with Gasteiger partial charge in [-0.25, -0.2) is 14.1 Å². The molecule has 0 aliphatic rings. The minimum Gasteiger partial charge on any atom is -0.497 e. The SMILES string of the molecule is COc1ccc(NC(=O)c2nc3c(nnn3Cc3ccc(F)cc3)c(=O)[nH]2)c(OC)c1. The monoisotopic (exact) mass is 424 g/mol. The van der Waals surface area contributed by atoms with Gasteiger partial charge in [0.2, 0.25) is 5.82 Å². The molecule has 0 saturated carbocycles. The van der Waals surface area contributed by atoms with Gasteiger partial charge in [-0.15, -0.1) is 5.10 Å². The number of hydrogen-bond acceptors (Lipinski definition) is 7. The molecule has 2 heterocycles. The highest BCUT2D eigenvalue weighted by atomic mass is 19.1. The number of benzene rings is 2. The zero-order valence-electron chi connectivity index (χ0n) is 16.5. The van der Waals surface area contributed by atoms with E-state index in [4.69, 9.17) is 9.47 Å². The second kappa shape index (κ2) is 8.22. The van der Waals surface area contributed by atoms with Crippen LogP contribution in [0.15, 0.2) is 47.3 Å². The number of anilines is 1. The van der Waals surface area contributed by atoms with E-state index < -0.39 is 11.5 Å². The van der Waals surface area contributed by atoms with Gasteiger partial charge < -0.3 is 19.8 Å². The van der Waals surface area contributed by atoms with Gasteiger partial charge in [0.1, 0.15) is 17.3 Å². The number of nitrogens with zero attached hydrogens (tertiary/aromatic N) is 4. The van der Waals surface area contributed by atoms with E-state index in [9.17, 15) is 14.0 Å². The lowest BCUT2D eigenvalue weighted by molar-refractivity contribution is 0.101. The maximum atomic E-state index is 13.1. The van der Waals surface area contributed by atoms with Crippen molar-refractivity contribution in [2.45, 2.75) is 6.54 Å². The number of nitrogens with one attached hydrogen (secondary N) is 2. The third kappa shape index (κ3) is 4.06. The van der Waals surface area contributed by atoms with E-state index in [0.717, 1.165) is 5.56 Å². The van der Waals surface area contributed by atoms with Crippen LogP contribution in [0.3, 0.4) is 0 Å². The van der Waals surface area contributed by atoms with Crippen LogP contribution < -0.4 is 20.3 Å². The van der Waals surface area contributed by atoms with Crippen LogP contribution in [-0.4, -0.2) is 45.1 Å². The molecule has 0 aliphatic heterocycles. The number of hydrogen-bond donors (Lipinski definition) is 2. The lowest BCUT2D eigenvalue weighted by atomic mass is 10.2. The molecule has 0 bridgehead atoms. The summed E-state index contributed by atoms with van der Waals surface area (Å²) in [5, 5.41) is 10.4. The van der Waals surface area contributed by atoms with Crippen molar-refractivity contribution in [3.63, 3.8) is 0 Å². The van der Waals surface area contributed by atoms with Crippen molar-refractivity contribution in [3.05, 3.63) is 70.0 Å². The summed E-state index contributed by atoms with van der Waals surface area (Å²) < 4.78 is 24.9. The molecule has 4 aromatic rings. The van der Waals surface area contributed by atoms with Crippen LogP contribution in [0.1, 0.15) is 16.2 Å². The molecule has 0 radical (unpaired) electrons. The molecule has 0 aliphatic carbocycles. The Bertz CT molecular complexity index is 1320. The average molecular weight is 424 g/mol. The Morgan fingerprint density at radius 2 is 1.94 bits per heavy atom. The summed E-state index contributed by atoms with van der Waals surface area (Å²) in [6.45, 7) is 0.195. The molecule has 158 valence electrons. The highest BCUT2D eigenvalue weighted by Crippen LogP contribution is 2.29. The average Bonchev–Trinajstić information content (AvgIpc) is 3.18. The summed E-state index contributed by atoms with van der Waals surface area (Å²) in [6.07, 6.45) is 0. The number of fused-ring (bicyclic) bond motifs is 1. The van der Waals surface area contributed by atoms with E-state index in [1.165, 1.54) is 31.0 Å². The predicted molar refractivity (Wildman–Crippen MR) is 109 cm³/mol. The van der Waals surface area contributed by atoms with Crippen LogP contribution in [0.25, 0.3) is 11.2 Å². The third-order valence-corrected chi connectivity index (χ3v) is 4.49. The third-order valence-electron chi connectivity index (χ3n) is 4.49. The van der Waals surface area contributed by atoms with Gasteiger partial charge in [0.15, 0.2) is 11.2 Å². The number of methoxy groups -OCH3 is 2. The number of halogens is 1. The van der Waals surface area contributed by atoms with Crippen molar-refractivity contribution in [1.29, 1.82) is 0 Å². The van der Waals surface area contributed by atoms with Crippen molar-refractivity contribution in [2.75, 3.05) is 19.5 Å². The first-order valence-electron chi connectivity index (χ1n) is 9.10.